The molecule has 1 saturated heterocycles. The molecule has 0 aliphatic carbocycles. The zero-order valence-corrected chi connectivity index (χ0v) is 11.9. The normalized spacial score (nSPS) is 20.4. The van der Waals surface area contributed by atoms with E-state index in [2.05, 4.69) is 26.7 Å². The summed E-state index contributed by atoms with van der Waals surface area (Å²) in [6.07, 6.45) is 6.23. The second-order valence-electron chi connectivity index (χ2n) is 5.10. The molecule has 0 aromatic carbocycles. The number of imidazole rings is 1. The fourth-order valence-electron chi connectivity index (χ4n) is 2.81. The highest BCUT2D eigenvalue weighted by molar-refractivity contribution is 5.77. The van der Waals surface area contributed by atoms with E-state index >= 15 is 0 Å². The zero-order valence-electron chi connectivity index (χ0n) is 11.9. The molecule has 1 aliphatic heterocycles. The lowest BCUT2D eigenvalue weighted by Gasteiger charge is -2.32. The molecule has 1 unspecified atom stereocenters. The van der Waals surface area contributed by atoms with Crippen LogP contribution in [0.3, 0.4) is 0 Å². The highest BCUT2D eigenvalue weighted by Gasteiger charge is 2.25. The van der Waals surface area contributed by atoms with E-state index in [4.69, 9.17) is 0 Å². The number of piperidine rings is 1. The van der Waals surface area contributed by atoms with E-state index in [0.29, 0.717) is 19.0 Å². The summed E-state index contributed by atoms with van der Waals surface area (Å²) in [5.74, 6) is 1.75. The molecule has 0 saturated carbocycles. The van der Waals surface area contributed by atoms with Gasteiger partial charge in [0, 0.05) is 37.9 Å². The van der Waals surface area contributed by atoms with E-state index in [1.165, 1.54) is 12.2 Å². The van der Waals surface area contributed by atoms with Gasteiger partial charge in [-0.25, -0.2) is 4.98 Å². The Balaban J connectivity index is 1.95. The van der Waals surface area contributed by atoms with Gasteiger partial charge in [0.05, 0.1) is 6.54 Å². The summed E-state index contributed by atoms with van der Waals surface area (Å²) < 4.78 is 2.21. The summed E-state index contributed by atoms with van der Waals surface area (Å²) >= 11 is 0. The van der Waals surface area contributed by atoms with Crippen molar-refractivity contribution in [3.63, 3.8) is 0 Å². The van der Waals surface area contributed by atoms with Gasteiger partial charge in [-0.05, 0) is 33.2 Å². The number of rotatable bonds is 5. The Kier molecular flexibility index (Phi) is 4.96. The lowest BCUT2D eigenvalue weighted by Crippen LogP contribution is -2.42. The molecule has 1 aromatic rings. The molecular weight excluding hydrogens is 240 g/mol. The molecule has 1 amide bonds. The maximum Gasteiger partial charge on any atom is 0.234 e. The Morgan fingerprint density at radius 2 is 2.37 bits per heavy atom. The van der Waals surface area contributed by atoms with Crippen molar-refractivity contribution >= 4 is 5.91 Å². The average molecular weight is 264 g/mol. The Labute approximate surface area is 115 Å². The van der Waals surface area contributed by atoms with Crippen LogP contribution in [0.5, 0.6) is 0 Å². The molecular formula is C14H24N4O. The van der Waals surface area contributed by atoms with Crippen LogP contribution in [0.25, 0.3) is 0 Å². The van der Waals surface area contributed by atoms with Gasteiger partial charge in [-0.3, -0.25) is 9.69 Å². The lowest BCUT2D eigenvalue weighted by atomic mass is 9.97. The van der Waals surface area contributed by atoms with Crippen LogP contribution < -0.4 is 5.32 Å². The number of nitrogens with zero attached hydrogens (tertiary/aromatic N) is 3. The first-order valence-corrected chi connectivity index (χ1v) is 7.24. The van der Waals surface area contributed by atoms with Gasteiger partial charge in [-0.15, -0.1) is 0 Å². The van der Waals surface area contributed by atoms with E-state index in [1.807, 2.05) is 19.3 Å². The van der Waals surface area contributed by atoms with E-state index in [-0.39, 0.29) is 5.91 Å². The van der Waals surface area contributed by atoms with E-state index in [1.54, 1.807) is 0 Å². The van der Waals surface area contributed by atoms with Gasteiger partial charge in [0.25, 0.3) is 0 Å². The second kappa shape index (κ2) is 6.70. The predicted octanol–water partition coefficient (Wildman–Crippen LogP) is 1.22. The van der Waals surface area contributed by atoms with Crippen molar-refractivity contribution in [2.24, 2.45) is 0 Å². The third kappa shape index (κ3) is 3.56. The van der Waals surface area contributed by atoms with Crippen LogP contribution >= 0.6 is 0 Å². The van der Waals surface area contributed by atoms with Crippen LogP contribution in [0.15, 0.2) is 12.4 Å². The van der Waals surface area contributed by atoms with E-state index in [0.717, 1.165) is 26.1 Å². The molecule has 2 heterocycles. The van der Waals surface area contributed by atoms with E-state index < -0.39 is 0 Å². The summed E-state index contributed by atoms with van der Waals surface area (Å²) in [6, 6.07) is 0. The minimum absolute atomic E-state index is 0.127. The number of hydrogen-bond donors (Lipinski definition) is 1. The van der Waals surface area contributed by atoms with Crippen molar-refractivity contribution in [3.05, 3.63) is 18.2 Å². The summed E-state index contributed by atoms with van der Waals surface area (Å²) in [6.45, 7) is 8.22. The van der Waals surface area contributed by atoms with Crippen LogP contribution in [-0.2, 0) is 11.3 Å². The highest BCUT2D eigenvalue weighted by atomic mass is 16.2. The SMILES string of the molecule is CCNC(=O)CN1CCCC(c2nccn2CC)C1. The number of hydrogen-bond acceptors (Lipinski definition) is 3. The molecule has 1 fully saturated rings. The van der Waals surface area contributed by atoms with Crippen LogP contribution in [-0.4, -0.2) is 46.5 Å². The highest BCUT2D eigenvalue weighted by Crippen LogP contribution is 2.25. The topological polar surface area (TPSA) is 50.2 Å². The van der Waals surface area contributed by atoms with Gasteiger partial charge in [0.1, 0.15) is 5.82 Å². The number of aryl methyl sites for hydroxylation is 1. The number of likely N-dealkylation sites (tertiary alicyclic amines) is 1. The van der Waals surface area contributed by atoms with Crippen molar-refractivity contribution in [2.75, 3.05) is 26.2 Å². The molecule has 5 heteroatoms. The predicted molar refractivity (Wildman–Crippen MR) is 75.0 cm³/mol. The number of carbonyl (C=O) groups excluding carboxylic acids is 1. The molecule has 1 aliphatic rings. The lowest BCUT2D eigenvalue weighted by molar-refractivity contribution is -0.122. The van der Waals surface area contributed by atoms with Crippen LogP contribution in [0.4, 0.5) is 0 Å². The second-order valence-corrected chi connectivity index (χ2v) is 5.10. The summed E-state index contributed by atoms with van der Waals surface area (Å²) in [4.78, 5) is 18.4. The van der Waals surface area contributed by atoms with Gasteiger partial charge in [0.15, 0.2) is 0 Å². The minimum atomic E-state index is 0.127. The third-order valence-corrected chi connectivity index (χ3v) is 3.70. The number of amides is 1. The van der Waals surface area contributed by atoms with Gasteiger partial charge >= 0.3 is 0 Å². The van der Waals surface area contributed by atoms with Crippen molar-refractivity contribution in [2.45, 2.75) is 39.2 Å². The monoisotopic (exact) mass is 264 g/mol. The zero-order chi connectivity index (χ0) is 13.7. The van der Waals surface area contributed by atoms with Gasteiger partial charge in [-0.1, -0.05) is 0 Å². The first kappa shape index (κ1) is 14.1. The van der Waals surface area contributed by atoms with Crippen molar-refractivity contribution < 1.29 is 4.79 Å². The smallest absolute Gasteiger partial charge is 0.234 e. The maximum absolute atomic E-state index is 11.7. The summed E-state index contributed by atoms with van der Waals surface area (Å²) in [5, 5.41) is 2.86. The van der Waals surface area contributed by atoms with Crippen molar-refractivity contribution in [1.82, 2.24) is 19.8 Å². The molecule has 1 aromatic heterocycles. The quantitative estimate of drug-likeness (QED) is 0.870. The Bertz CT molecular complexity index is 415. The minimum Gasteiger partial charge on any atom is -0.355 e. The number of aromatic nitrogens is 2. The van der Waals surface area contributed by atoms with Crippen LogP contribution in [0.2, 0.25) is 0 Å². The van der Waals surface area contributed by atoms with Gasteiger partial charge < -0.3 is 9.88 Å². The molecule has 5 nitrogen and oxygen atoms in total. The van der Waals surface area contributed by atoms with E-state index in [9.17, 15) is 4.79 Å². The fourth-order valence-corrected chi connectivity index (χ4v) is 2.81. The number of nitrogens with one attached hydrogen (secondary N) is 1. The Morgan fingerprint density at radius 1 is 1.53 bits per heavy atom. The molecule has 0 spiro atoms. The maximum atomic E-state index is 11.7. The molecule has 1 atom stereocenters. The average Bonchev–Trinajstić information content (AvgIpc) is 2.87. The molecule has 2 rings (SSSR count). The standard InChI is InChI=1S/C14H24N4O/c1-3-15-13(19)11-17-8-5-6-12(10-17)14-16-7-9-18(14)4-2/h7,9,12H,3-6,8,10-11H2,1-2H3,(H,15,19). The first-order valence-electron chi connectivity index (χ1n) is 7.24. The Hall–Kier alpha value is -1.36. The molecule has 19 heavy (non-hydrogen) atoms. The van der Waals surface area contributed by atoms with Crippen molar-refractivity contribution in [3.8, 4) is 0 Å². The van der Waals surface area contributed by atoms with Gasteiger partial charge in [0.2, 0.25) is 5.91 Å². The molecule has 0 bridgehead atoms. The molecule has 106 valence electrons. The first-order chi connectivity index (χ1) is 9.24. The van der Waals surface area contributed by atoms with Crippen molar-refractivity contribution in [1.29, 1.82) is 0 Å². The summed E-state index contributed by atoms with van der Waals surface area (Å²) in [7, 11) is 0. The molecule has 0 radical (unpaired) electrons. The fraction of sp³-hybridized carbons (Fsp3) is 0.714. The number of carbonyl (C=O) groups is 1. The Morgan fingerprint density at radius 3 is 3.11 bits per heavy atom. The number of likely N-dealkylation sites (N-methyl/N-ethyl adjacent to an activating group) is 1. The third-order valence-electron chi connectivity index (χ3n) is 3.70. The van der Waals surface area contributed by atoms with Crippen LogP contribution in [0.1, 0.15) is 38.4 Å². The summed E-state index contributed by atoms with van der Waals surface area (Å²) in [5.41, 5.74) is 0. The van der Waals surface area contributed by atoms with Crippen LogP contribution in [0, 0.1) is 0 Å². The van der Waals surface area contributed by atoms with Gasteiger partial charge in [-0.2, -0.15) is 0 Å². The molecule has 1 N–H and O–H groups in total. The largest absolute Gasteiger partial charge is 0.355 e.